The number of aliphatic carboxylic acids is 1. The van der Waals surface area contributed by atoms with Crippen molar-refractivity contribution in [3.05, 3.63) is 57.2 Å². The van der Waals surface area contributed by atoms with Crippen LogP contribution < -0.4 is 0 Å². The van der Waals surface area contributed by atoms with Crippen molar-refractivity contribution in [1.29, 1.82) is 0 Å². The molecular formula is C17H14N4O6S. The van der Waals surface area contributed by atoms with Crippen LogP contribution in [-0.2, 0) is 9.59 Å². The van der Waals surface area contributed by atoms with Crippen LogP contribution in [0.15, 0.2) is 41.4 Å². The third kappa shape index (κ3) is 4.26. The Bertz CT molecular complexity index is 982. The molecule has 2 amide bonds. The second-order valence-corrected chi connectivity index (χ2v) is 6.78. The lowest BCUT2D eigenvalue weighted by molar-refractivity contribution is -0.384. The molecule has 1 aromatic heterocycles. The highest BCUT2D eigenvalue weighted by Crippen LogP contribution is 2.32. The minimum Gasteiger partial charge on any atom is -0.481 e. The maximum absolute atomic E-state index is 12.3. The highest BCUT2D eigenvalue weighted by Gasteiger charge is 2.34. The fourth-order valence-corrected chi connectivity index (χ4v) is 3.35. The molecule has 2 aromatic rings. The number of carboxylic acid groups (broad SMARTS) is 1. The van der Waals surface area contributed by atoms with Gasteiger partial charge in [0.05, 0.1) is 21.2 Å². The number of nitro benzene ring substituents is 1. The van der Waals surface area contributed by atoms with E-state index in [-0.39, 0.29) is 30.0 Å². The standard InChI is InChI=1S/C17H14N4O6S/c22-15(23)2-1-8-19-16(24)14(28-17(19)25)10-11-7-9-20(18-11)12-3-5-13(6-4-12)21(26)27/h3-7,9-10H,1-2,8H2,(H,22,23)/b14-10-. The number of imide groups is 1. The first-order chi connectivity index (χ1) is 13.3. The van der Waals surface area contributed by atoms with Gasteiger partial charge in [0.1, 0.15) is 0 Å². The number of rotatable bonds is 7. The lowest BCUT2D eigenvalue weighted by Crippen LogP contribution is -2.29. The molecule has 1 aliphatic heterocycles. The lowest BCUT2D eigenvalue weighted by atomic mass is 10.3. The normalized spacial score (nSPS) is 15.4. The van der Waals surface area contributed by atoms with Gasteiger partial charge in [0.15, 0.2) is 0 Å². The van der Waals surface area contributed by atoms with Crippen LogP contribution >= 0.6 is 11.8 Å². The van der Waals surface area contributed by atoms with Gasteiger partial charge in [-0.1, -0.05) is 0 Å². The first-order valence-corrected chi connectivity index (χ1v) is 8.94. The summed E-state index contributed by atoms with van der Waals surface area (Å²) in [5.41, 5.74) is 1.01. The van der Waals surface area contributed by atoms with Crippen LogP contribution in [0.5, 0.6) is 0 Å². The number of non-ortho nitro benzene ring substituents is 1. The Hall–Kier alpha value is -3.47. The molecule has 0 radical (unpaired) electrons. The van der Waals surface area contributed by atoms with Crippen molar-refractivity contribution in [2.45, 2.75) is 12.8 Å². The van der Waals surface area contributed by atoms with Gasteiger partial charge in [-0.25, -0.2) is 4.68 Å². The zero-order chi connectivity index (χ0) is 20.3. The van der Waals surface area contributed by atoms with E-state index >= 15 is 0 Å². The summed E-state index contributed by atoms with van der Waals surface area (Å²) in [6.07, 6.45) is 3.17. The van der Waals surface area contributed by atoms with Crippen molar-refractivity contribution in [1.82, 2.24) is 14.7 Å². The molecule has 1 saturated heterocycles. The molecule has 3 rings (SSSR count). The summed E-state index contributed by atoms with van der Waals surface area (Å²) in [7, 11) is 0. The molecule has 1 N–H and O–H groups in total. The van der Waals surface area contributed by atoms with Crippen LogP contribution in [0.3, 0.4) is 0 Å². The molecule has 144 valence electrons. The number of hydrogen-bond acceptors (Lipinski definition) is 7. The van der Waals surface area contributed by atoms with E-state index in [0.717, 1.165) is 16.7 Å². The number of aromatic nitrogens is 2. The largest absolute Gasteiger partial charge is 0.481 e. The van der Waals surface area contributed by atoms with Crippen LogP contribution in [0.25, 0.3) is 11.8 Å². The molecule has 1 aliphatic rings. The number of thioether (sulfide) groups is 1. The predicted molar refractivity (Wildman–Crippen MR) is 99.8 cm³/mol. The van der Waals surface area contributed by atoms with Crippen LogP contribution in [0, 0.1) is 10.1 Å². The number of carbonyl (C=O) groups is 3. The first-order valence-electron chi connectivity index (χ1n) is 8.13. The predicted octanol–water partition coefficient (Wildman–Crippen LogP) is 2.68. The summed E-state index contributed by atoms with van der Waals surface area (Å²) in [6.45, 7) is 0.0472. The van der Waals surface area contributed by atoms with Gasteiger partial charge in [-0.2, -0.15) is 5.10 Å². The highest BCUT2D eigenvalue weighted by molar-refractivity contribution is 8.18. The van der Waals surface area contributed by atoms with Crippen LogP contribution in [0.1, 0.15) is 18.5 Å². The zero-order valence-electron chi connectivity index (χ0n) is 14.3. The van der Waals surface area contributed by atoms with Gasteiger partial charge in [-0.3, -0.25) is 29.4 Å². The summed E-state index contributed by atoms with van der Waals surface area (Å²) in [5.74, 6) is -1.47. The van der Waals surface area contributed by atoms with Gasteiger partial charge in [0.25, 0.3) is 16.8 Å². The van der Waals surface area contributed by atoms with Crippen molar-refractivity contribution in [2.75, 3.05) is 6.54 Å². The maximum Gasteiger partial charge on any atom is 0.303 e. The summed E-state index contributed by atoms with van der Waals surface area (Å²) in [5, 5.41) is 23.2. The van der Waals surface area contributed by atoms with Crippen molar-refractivity contribution in [3.63, 3.8) is 0 Å². The van der Waals surface area contributed by atoms with E-state index in [1.54, 1.807) is 24.4 Å². The molecule has 0 atom stereocenters. The Morgan fingerprint density at radius 3 is 2.61 bits per heavy atom. The van der Waals surface area contributed by atoms with E-state index < -0.39 is 22.0 Å². The van der Waals surface area contributed by atoms with Crippen LogP contribution in [-0.4, -0.2) is 48.4 Å². The summed E-state index contributed by atoms with van der Waals surface area (Å²) in [6, 6.07) is 7.45. The van der Waals surface area contributed by atoms with E-state index in [2.05, 4.69) is 5.10 Å². The molecule has 0 spiro atoms. The minimum absolute atomic E-state index is 0.0345. The second-order valence-electron chi connectivity index (χ2n) is 5.79. The SMILES string of the molecule is O=C(O)CCCN1C(=O)S/C(=C\c2ccn(-c3ccc([N+](=O)[O-])cc3)n2)C1=O. The fourth-order valence-electron chi connectivity index (χ4n) is 2.50. The molecule has 10 nitrogen and oxygen atoms in total. The molecule has 0 saturated carbocycles. The lowest BCUT2D eigenvalue weighted by Gasteiger charge is -2.10. The molecular weight excluding hydrogens is 388 g/mol. The monoisotopic (exact) mass is 402 g/mol. The van der Waals surface area contributed by atoms with Crippen molar-refractivity contribution in [2.24, 2.45) is 0 Å². The number of carbonyl (C=O) groups excluding carboxylic acids is 2. The Kier molecular flexibility index (Phi) is 5.54. The molecule has 2 heterocycles. The smallest absolute Gasteiger partial charge is 0.303 e. The molecule has 1 aromatic carbocycles. The number of amides is 2. The number of benzene rings is 1. The highest BCUT2D eigenvalue weighted by atomic mass is 32.2. The third-order valence-corrected chi connectivity index (χ3v) is 4.77. The zero-order valence-corrected chi connectivity index (χ0v) is 15.2. The maximum atomic E-state index is 12.3. The number of carboxylic acids is 1. The van der Waals surface area contributed by atoms with Gasteiger partial charge in [0, 0.05) is 31.3 Å². The van der Waals surface area contributed by atoms with Gasteiger partial charge >= 0.3 is 5.97 Å². The van der Waals surface area contributed by atoms with E-state index in [1.807, 2.05) is 0 Å². The average Bonchev–Trinajstić information content (AvgIpc) is 3.22. The van der Waals surface area contributed by atoms with Crippen LogP contribution in [0.4, 0.5) is 10.5 Å². The summed E-state index contributed by atoms with van der Waals surface area (Å²) in [4.78, 5) is 46.3. The molecule has 1 fully saturated rings. The molecule has 0 bridgehead atoms. The quantitative estimate of drug-likeness (QED) is 0.424. The number of nitro groups is 1. The topological polar surface area (TPSA) is 136 Å². The van der Waals surface area contributed by atoms with Crippen molar-refractivity contribution in [3.8, 4) is 5.69 Å². The molecule has 0 aliphatic carbocycles. The third-order valence-electron chi connectivity index (χ3n) is 3.86. The first kappa shape index (κ1) is 19.3. The van der Waals surface area contributed by atoms with E-state index in [4.69, 9.17) is 5.11 Å². The Balaban J connectivity index is 1.72. The summed E-state index contributed by atoms with van der Waals surface area (Å²) < 4.78 is 1.49. The number of hydrogen-bond donors (Lipinski definition) is 1. The molecule has 11 heteroatoms. The second kappa shape index (κ2) is 8.05. The molecule has 0 unspecified atom stereocenters. The fraction of sp³-hybridized carbons (Fsp3) is 0.176. The van der Waals surface area contributed by atoms with Gasteiger partial charge < -0.3 is 5.11 Å². The summed E-state index contributed by atoms with van der Waals surface area (Å²) >= 11 is 0.773. The van der Waals surface area contributed by atoms with E-state index in [0.29, 0.717) is 11.4 Å². The number of nitrogens with zero attached hydrogens (tertiary/aromatic N) is 4. The van der Waals surface area contributed by atoms with Crippen LogP contribution in [0.2, 0.25) is 0 Å². The van der Waals surface area contributed by atoms with E-state index in [1.165, 1.54) is 22.9 Å². The molecule has 28 heavy (non-hydrogen) atoms. The van der Waals surface area contributed by atoms with Gasteiger partial charge in [0.2, 0.25) is 0 Å². The van der Waals surface area contributed by atoms with Crippen molar-refractivity contribution >= 4 is 40.6 Å². The Morgan fingerprint density at radius 1 is 1.25 bits per heavy atom. The van der Waals surface area contributed by atoms with Crippen molar-refractivity contribution < 1.29 is 24.4 Å². The van der Waals surface area contributed by atoms with Gasteiger partial charge in [-0.15, -0.1) is 0 Å². The average molecular weight is 402 g/mol. The Labute approximate surface area is 162 Å². The Morgan fingerprint density at radius 2 is 1.96 bits per heavy atom. The van der Waals surface area contributed by atoms with Gasteiger partial charge in [-0.05, 0) is 42.5 Å². The minimum atomic E-state index is -0.987. The van der Waals surface area contributed by atoms with E-state index in [9.17, 15) is 24.5 Å².